The molecule has 2 atom stereocenters. The van der Waals surface area contributed by atoms with E-state index in [0.29, 0.717) is 54.1 Å². The summed E-state index contributed by atoms with van der Waals surface area (Å²) in [6.07, 6.45) is 14.1. The zero-order chi connectivity index (χ0) is 50.3. The van der Waals surface area contributed by atoms with Crippen molar-refractivity contribution in [1.29, 1.82) is 0 Å². The number of nitrogens with zero attached hydrogens (tertiary/aromatic N) is 2. The molecule has 0 aromatic heterocycles. The fourth-order valence-corrected chi connectivity index (χ4v) is 7.13. The summed E-state index contributed by atoms with van der Waals surface area (Å²) in [7, 11) is 3.19. The lowest BCUT2D eigenvalue weighted by atomic mass is 9.95. The molecule has 9 nitrogen and oxygen atoms in total. The Morgan fingerprint density at radius 1 is 0.731 bits per heavy atom. The van der Waals surface area contributed by atoms with Gasteiger partial charge in [0.15, 0.2) is 28.8 Å². The third-order valence-corrected chi connectivity index (χ3v) is 10.7. The lowest BCUT2D eigenvalue weighted by Crippen LogP contribution is -2.24. The summed E-state index contributed by atoms with van der Waals surface area (Å²) in [6, 6.07) is 24.4. The number of nitrogen functional groups attached to an aromatic ring is 1. The highest BCUT2D eigenvalue weighted by atomic mass is 16.5. The molecular formula is C58H83N3O6. The van der Waals surface area contributed by atoms with Crippen molar-refractivity contribution in [3.8, 4) is 23.0 Å². The molecule has 4 aromatic carbocycles. The van der Waals surface area contributed by atoms with E-state index in [1.54, 1.807) is 27.2 Å². The van der Waals surface area contributed by atoms with E-state index in [0.717, 1.165) is 54.7 Å². The number of nitrogens with two attached hydrogens (primary N) is 1. The predicted octanol–water partition coefficient (Wildman–Crippen LogP) is 14.9. The van der Waals surface area contributed by atoms with E-state index in [2.05, 4.69) is 102 Å². The highest BCUT2D eigenvalue weighted by Crippen LogP contribution is 2.36. The SMILES string of the molecule is C/C=C(\CC(C)C=Nc1cc(OCCCOc2cc(C)c(C(C)=O)cc2OC)c(OC)cc1C)c1ccc(N)cc1.C=CC(C)C/C(=C\C)c1ccc(N(CCC)CCC)cc1.CC.CC=O. The van der Waals surface area contributed by atoms with Crippen LogP contribution in [0.2, 0.25) is 0 Å². The van der Waals surface area contributed by atoms with Gasteiger partial charge < -0.3 is 34.4 Å². The van der Waals surface area contributed by atoms with Crippen molar-refractivity contribution < 1.29 is 28.5 Å². The highest BCUT2D eigenvalue weighted by molar-refractivity contribution is 5.96. The summed E-state index contributed by atoms with van der Waals surface area (Å²) < 4.78 is 23.0. The molecule has 0 radical (unpaired) electrons. The second-order valence-electron chi connectivity index (χ2n) is 16.1. The van der Waals surface area contributed by atoms with E-state index in [-0.39, 0.29) is 11.7 Å². The molecule has 0 saturated heterocycles. The fraction of sp³-hybridized carbons (Fsp3) is 0.431. The molecule has 0 heterocycles. The average molecular weight is 918 g/mol. The van der Waals surface area contributed by atoms with Gasteiger partial charge in [0.25, 0.3) is 0 Å². The highest BCUT2D eigenvalue weighted by Gasteiger charge is 2.14. The number of benzene rings is 4. The number of rotatable bonds is 23. The molecule has 0 aliphatic rings. The predicted molar refractivity (Wildman–Crippen MR) is 287 cm³/mol. The third kappa shape index (κ3) is 20.5. The first-order valence-electron chi connectivity index (χ1n) is 24.0. The lowest BCUT2D eigenvalue weighted by Gasteiger charge is -2.24. The number of hydrogen-bond donors (Lipinski definition) is 1. The van der Waals surface area contributed by atoms with Gasteiger partial charge in [0.1, 0.15) is 6.29 Å². The summed E-state index contributed by atoms with van der Waals surface area (Å²) >= 11 is 0. The molecule has 2 unspecified atom stereocenters. The van der Waals surface area contributed by atoms with Gasteiger partial charge in [-0.1, -0.05) is 84.0 Å². The number of carbonyl (C=O) groups is 2. The minimum atomic E-state index is -0.00771. The first-order chi connectivity index (χ1) is 32.2. The lowest BCUT2D eigenvalue weighted by molar-refractivity contribution is -0.106. The summed E-state index contributed by atoms with van der Waals surface area (Å²) in [5.74, 6) is 3.17. The molecule has 0 bridgehead atoms. The van der Waals surface area contributed by atoms with Crippen molar-refractivity contribution in [2.24, 2.45) is 16.8 Å². The summed E-state index contributed by atoms with van der Waals surface area (Å²) in [5.41, 5.74) is 16.4. The molecule has 9 heteroatoms. The Bertz CT molecular complexity index is 2150. The number of ether oxygens (including phenoxy) is 4. The van der Waals surface area contributed by atoms with Crippen LogP contribution in [0.15, 0.2) is 103 Å². The molecule has 0 aliphatic carbocycles. The molecular weight excluding hydrogens is 835 g/mol. The van der Waals surface area contributed by atoms with E-state index in [1.165, 1.54) is 47.7 Å². The van der Waals surface area contributed by atoms with Crippen molar-refractivity contribution in [3.63, 3.8) is 0 Å². The first-order valence-corrected chi connectivity index (χ1v) is 24.0. The van der Waals surface area contributed by atoms with Crippen LogP contribution in [-0.2, 0) is 4.79 Å². The number of carbonyl (C=O) groups excluding carboxylic acids is 2. The third-order valence-electron chi connectivity index (χ3n) is 10.7. The number of ketones is 1. The number of methoxy groups -OCH3 is 2. The van der Waals surface area contributed by atoms with E-state index >= 15 is 0 Å². The summed E-state index contributed by atoms with van der Waals surface area (Å²) in [6.45, 7) is 30.9. The van der Waals surface area contributed by atoms with Gasteiger partial charge in [0.05, 0.1) is 33.1 Å². The van der Waals surface area contributed by atoms with Crippen LogP contribution in [0.1, 0.15) is 134 Å². The van der Waals surface area contributed by atoms with E-state index in [9.17, 15) is 4.79 Å². The fourth-order valence-electron chi connectivity index (χ4n) is 7.13. The molecule has 0 fully saturated rings. The van der Waals surface area contributed by atoms with Crippen LogP contribution < -0.4 is 29.6 Å². The molecule has 2 N–H and O–H groups in total. The zero-order valence-corrected chi connectivity index (χ0v) is 43.5. The van der Waals surface area contributed by atoms with E-state index in [4.69, 9.17) is 34.5 Å². The number of anilines is 2. The van der Waals surface area contributed by atoms with Crippen molar-refractivity contribution in [2.75, 3.05) is 51.2 Å². The van der Waals surface area contributed by atoms with Gasteiger partial charge in [-0.3, -0.25) is 9.79 Å². The van der Waals surface area contributed by atoms with Gasteiger partial charge in [0.2, 0.25) is 0 Å². The Kier molecular flexibility index (Phi) is 29.4. The first kappa shape index (κ1) is 58.9. The van der Waals surface area contributed by atoms with Gasteiger partial charge in [0, 0.05) is 48.7 Å². The van der Waals surface area contributed by atoms with Crippen molar-refractivity contribution in [3.05, 3.63) is 125 Å². The Morgan fingerprint density at radius 2 is 1.19 bits per heavy atom. The smallest absolute Gasteiger partial charge is 0.163 e. The van der Waals surface area contributed by atoms with Crippen molar-refractivity contribution in [2.45, 2.75) is 115 Å². The van der Waals surface area contributed by atoms with Crippen LogP contribution in [-0.4, -0.2) is 58.8 Å². The number of Topliss-reactive ketones (excluding diaryl/α,β-unsaturated/α-hetero) is 1. The van der Waals surface area contributed by atoms with Gasteiger partial charge in [-0.15, -0.1) is 6.58 Å². The minimum Gasteiger partial charge on any atom is -0.493 e. The molecule has 0 aliphatic heterocycles. The summed E-state index contributed by atoms with van der Waals surface area (Å²) in [4.78, 5) is 27.9. The van der Waals surface area contributed by atoms with Crippen LogP contribution in [0.25, 0.3) is 11.1 Å². The number of aldehydes is 1. The second-order valence-corrected chi connectivity index (χ2v) is 16.1. The van der Waals surface area contributed by atoms with Gasteiger partial charge in [-0.2, -0.15) is 0 Å². The maximum absolute atomic E-state index is 11.8. The number of aryl methyl sites for hydroxylation is 2. The van der Waals surface area contributed by atoms with Gasteiger partial charge >= 0.3 is 0 Å². The van der Waals surface area contributed by atoms with Crippen LogP contribution in [0.5, 0.6) is 23.0 Å². The maximum atomic E-state index is 11.8. The number of aliphatic imine (C=N–C) groups is 1. The Balaban J connectivity index is 0.000000723. The molecule has 366 valence electrons. The van der Waals surface area contributed by atoms with Crippen LogP contribution in [0.3, 0.4) is 0 Å². The Morgan fingerprint density at radius 3 is 1.66 bits per heavy atom. The van der Waals surface area contributed by atoms with E-state index in [1.807, 2.05) is 70.3 Å². The summed E-state index contributed by atoms with van der Waals surface area (Å²) in [5, 5.41) is 0. The Hall–Kier alpha value is -6.09. The van der Waals surface area contributed by atoms with Crippen molar-refractivity contribution >= 4 is 46.5 Å². The van der Waals surface area contributed by atoms with E-state index < -0.39 is 0 Å². The van der Waals surface area contributed by atoms with Crippen molar-refractivity contribution in [1.82, 2.24) is 0 Å². The molecule has 0 amide bonds. The molecule has 0 saturated carbocycles. The standard InChI is InChI=1S/C34H42N2O5.C20H31N.C2H4O.C2H6/c1-8-26(27-10-12-28(35)13-11-27)16-22(2)21-36-30-20-34(31(38-6)18-24(30)4)41-15-9-14-40-33-17-23(3)29(25(5)37)19-32(33)39-7;1-6-14-21(15-7-2)20-12-10-19(11-13-20)18(9-4)16-17(5)8-3;1-2-3;1-2/h8,10-13,17-22H,9,14-16,35H2,1-7H3;8-13,17H,3,6-7,14-16H2,1-2,4-5H3;2H,1H3;1-2H3/b26-8+,36-21?;18-9+;;. The quantitative estimate of drug-likeness (QED) is 0.0195. The zero-order valence-electron chi connectivity index (χ0n) is 43.5. The van der Waals surface area contributed by atoms with Crippen LogP contribution in [0, 0.1) is 25.7 Å². The minimum absolute atomic E-state index is 0.00771. The van der Waals surface area contributed by atoms with Crippen LogP contribution >= 0.6 is 0 Å². The molecule has 4 aromatic rings. The van der Waals surface area contributed by atoms with Gasteiger partial charge in [-0.25, -0.2) is 0 Å². The number of allylic oxidation sites excluding steroid dienone is 5. The largest absolute Gasteiger partial charge is 0.493 e. The van der Waals surface area contributed by atoms with Gasteiger partial charge in [-0.05, 0) is 155 Å². The number of hydrogen-bond acceptors (Lipinski definition) is 9. The molecule has 0 spiro atoms. The second kappa shape index (κ2) is 33.4. The topological polar surface area (TPSA) is 113 Å². The maximum Gasteiger partial charge on any atom is 0.163 e. The average Bonchev–Trinajstić information content (AvgIpc) is 3.33. The normalized spacial score (nSPS) is 11.9. The molecule has 4 rings (SSSR count). The van der Waals surface area contributed by atoms with Crippen LogP contribution in [0.4, 0.5) is 17.1 Å². The Labute approximate surface area is 405 Å². The molecule has 67 heavy (non-hydrogen) atoms. The monoisotopic (exact) mass is 918 g/mol.